The Bertz CT molecular complexity index is 821. The molecule has 30 heavy (non-hydrogen) atoms. The fraction of sp³-hybridized carbons (Fsp3) is 0.391. The molecule has 3 N–H and O–H groups in total. The maximum atomic E-state index is 13.0. The number of benzene rings is 2. The summed E-state index contributed by atoms with van der Waals surface area (Å²) < 4.78 is 13.0. The van der Waals surface area contributed by atoms with Gasteiger partial charge in [-0.2, -0.15) is 0 Å². The van der Waals surface area contributed by atoms with Crippen molar-refractivity contribution < 1.29 is 14.0 Å². The van der Waals surface area contributed by atoms with Gasteiger partial charge in [-0.3, -0.25) is 9.59 Å². The summed E-state index contributed by atoms with van der Waals surface area (Å²) in [5.41, 5.74) is 2.01. The molecule has 0 aliphatic carbocycles. The van der Waals surface area contributed by atoms with Crippen molar-refractivity contribution in [3.8, 4) is 0 Å². The second kappa shape index (κ2) is 11.7. The number of carbonyl (C=O) groups is 2. The first-order valence-corrected chi connectivity index (χ1v) is 10.2. The highest BCUT2D eigenvalue weighted by molar-refractivity contribution is 6.04. The van der Waals surface area contributed by atoms with Crippen molar-refractivity contribution in [1.29, 1.82) is 0 Å². The van der Waals surface area contributed by atoms with Gasteiger partial charge in [0, 0.05) is 17.7 Å². The molecule has 0 aromatic heterocycles. The summed E-state index contributed by atoms with van der Waals surface area (Å²) in [6.45, 7) is 4.05. The van der Waals surface area contributed by atoms with Crippen molar-refractivity contribution in [1.82, 2.24) is 10.6 Å². The fourth-order valence-electron chi connectivity index (χ4n) is 3.56. The van der Waals surface area contributed by atoms with Crippen LogP contribution in [-0.2, 0) is 4.79 Å². The van der Waals surface area contributed by atoms with Crippen LogP contribution in [0, 0.1) is 11.7 Å². The lowest BCUT2D eigenvalue weighted by Gasteiger charge is -2.22. The molecule has 0 bridgehead atoms. The van der Waals surface area contributed by atoms with Crippen molar-refractivity contribution in [2.75, 3.05) is 18.4 Å². The maximum Gasteiger partial charge on any atom is 0.255 e. The Labute approximate surface area is 183 Å². The predicted octanol–water partition coefficient (Wildman–Crippen LogP) is 4.46. The van der Waals surface area contributed by atoms with Crippen LogP contribution in [0.3, 0.4) is 0 Å². The van der Waals surface area contributed by atoms with Gasteiger partial charge in [0.2, 0.25) is 5.91 Å². The average Bonchev–Trinajstić information content (AvgIpc) is 2.74. The third kappa shape index (κ3) is 7.11. The molecule has 1 unspecified atom stereocenters. The minimum atomic E-state index is -0.377. The van der Waals surface area contributed by atoms with E-state index in [1.165, 1.54) is 24.3 Å². The quantitative estimate of drug-likeness (QED) is 0.603. The highest BCUT2D eigenvalue weighted by Gasteiger charge is 2.16. The first-order chi connectivity index (χ1) is 14.0. The topological polar surface area (TPSA) is 70.2 Å². The zero-order valence-electron chi connectivity index (χ0n) is 17.1. The van der Waals surface area contributed by atoms with Gasteiger partial charge >= 0.3 is 0 Å². The predicted molar refractivity (Wildman–Crippen MR) is 119 cm³/mol. The van der Waals surface area contributed by atoms with E-state index >= 15 is 0 Å². The van der Waals surface area contributed by atoms with Crippen LogP contribution in [0.15, 0.2) is 48.5 Å². The molecule has 5 nitrogen and oxygen atoms in total. The van der Waals surface area contributed by atoms with Crippen LogP contribution < -0.4 is 16.0 Å². The van der Waals surface area contributed by atoms with Crippen molar-refractivity contribution in [3.63, 3.8) is 0 Å². The largest absolute Gasteiger partial charge is 0.350 e. The van der Waals surface area contributed by atoms with Gasteiger partial charge in [-0.05, 0) is 87.2 Å². The Morgan fingerprint density at radius 1 is 1.07 bits per heavy atom. The molecule has 7 heteroatoms. The van der Waals surface area contributed by atoms with Crippen molar-refractivity contribution in [2.24, 2.45) is 5.92 Å². The van der Waals surface area contributed by atoms with E-state index in [-0.39, 0.29) is 36.1 Å². The summed E-state index contributed by atoms with van der Waals surface area (Å²) >= 11 is 0. The average molecular weight is 434 g/mol. The molecule has 2 aromatic rings. The molecule has 1 saturated heterocycles. The van der Waals surface area contributed by atoms with E-state index in [1.807, 2.05) is 19.1 Å². The number of nitrogens with one attached hydrogen (secondary N) is 3. The van der Waals surface area contributed by atoms with Gasteiger partial charge in [0.05, 0.1) is 6.04 Å². The zero-order valence-corrected chi connectivity index (χ0v) is 17.9. The lowest BCUT2D eigenvalue weighted by atomic mass is 9.93. The number of piperidine rings is 1. The van der Waals surface area contributed by atoms with Crippen LogP contribution >= 0.6 is 12.4 Å². The molecule has 0 radical (unpaired) electrons. The summed E-state index contributed by atoms with van der Waals surface area (Å²) in [6.07, 6.45) is 3.79. The molecule has 0 spiro atoms. The summed E-state index contributed by atoms with van der Waals surface area (Å²) in [6, 6.07) is 12.7. The first-order valence-electron chi connectivity index (χ1n) is 10.2. The molecule has 1 aliphatic heterocycles. The molecule has 1 heterocycles. The van der Waals surface area contributed by atoms with Gasteiger partial charge in [-0.15, -0.1) is 12.4 Å². The summed E-state index contributed by atoms with van der Waals surface area (Å²) in [4.78, 5) is 24.4. The maximum absolute atomic E-state index is 13.0. The van der Waals surface area contributed by atoms with Crippen LogP contribution in [0.1, 0.15) is 54.6 Å². The summed E-state index contributed by atoms with van der Waals surface area (Å²) in [5, 5.41) is 9.18. The molecule has 1 atom stereocenters. The Kier molecular flexibility index (Phi) is 9.27. The molecule has 0 saturated carbocycles. The lowest BCUT2D eigenvalue weighted by molar-refractivity contribution is -0.122. The van der Waals surface area contributed by atoms with Gasteiger partial charge in [0.15, 0.2) is 0 Å². The van der Waals surface area contributed by atoms with Crippen LogP contribution in [-0.4, -0.2) is 24.9 Å². The third-order valence-corrected chi connectivity index (χ3v) is 5.39. The molecule has 1 aliphatic rings. The van der Waals surface area contributed by atoms with Gasteiger partial charge in [-0.25, -0.2) is 4.39 Å². The highest BCUT2D eigenvalue weighted by Crippen LogP contribution is 2.20. The first kappa shape index (κ1) is 23.8. The minimum absolute atomic E-state index is 0. The van der Waals surface area contributed by atoms with E-state index in [9.17, 15) is 14.0 Å². The Balaban J connectivity index is 0.00000320. The third-order valence-electron chi connectivity index (χ3n) is 5.39. The molecule has 1 fully saturated rings. The summed E-state index contributed by atoms with van der Waals surface area (Å²) in [7, 11) is 0. The molecular formula is C23H29ClFN3O2. The number of rotatable bonds is 7. The number of hydrogen-bond acceptors (Lipinski definition) is 3. The smallest absolute Gasteiger partial charge is 0.255 e. The second-order valence-corrected chi connectivity index (χ2v) is 7.60. The SMILES string of the molecule is CC(NC(=O)CCC1CCNCC1)c1ccc(NC(=O)c2ccc(F)cc2)cc1.Cl. The van der Waals surface area contributed by atoms with E-state index in [0.29, 0.717) is 23.6 Å². The van der Waals surface area contributed by atoms with E-state index in [4.69, 9.17) is 0 Å². The molecule has 2 aromatic carbocycles. The van der Waals surface area contributed by atoms with Gasteiger partial charge in [0.25, 0.3) is 5.91 Å². The lowest BCUT2D eigenvalue weighted by Crippen LogP contribution is -2.30. The van der Waals surface area contributed by atoms with E-state index in [0.717, 1.165) is 37.9 Å². The zero-order chi connectivity index (χ0) is 20.6. The van der Waals surface area contributed by atoms with Crippen LogP contribution in [0.2, 0.25) is 0 Å². The van der Waals surface area contributed by atoms with Crippen molar-refractivity contribution in [2.45, 2.75) is 38.6 Å². The van der Waals surface area contributed by atoms with E-state index < -0.39 is 0 Å². The van der Waals surface area contributed by atoms with Crippen LogP contribution in [0.25, 0.3) is 0 Å². The van der Waals surface area contributed by atoms with E-state index in [1.54, 1.807) is 12.1 Å². The number of amides is 2. The minimum Gasteiger partial charge on any atom is -0.350 e. The van der Waals surface area contributed by atoms with Gasteiger partial charge in [-0.1, -0.05) is 12.1 Å². The van der Waals surface area contributed by atoms with E-state index in [2.05, 4.69) is 16.0 Å². The van der Waals surface area contributed by atoms with Crippen LogP contribution in [0.5, 0.6) is 0 Å². The molecule has 162 valence electrons. The summed E-state index contributed by atoms with van der Waals surface area (Å²) in [5.74, 6) is 0.0423. The van der Waals surface area contributed by atoms with Crippen LogP contribution in [0.4, 0.5) is 10.1 Å². The standard InChI is InChI=1S/C23H28FN3O2.ClH/c1-16(26-22(28)11-2-17-12-14-25-15-13-17)18-5-9-21(10-6-18)27-23(29)19-3-7-20(24)8-4-19;/h3-10,16-17,25H,2,11-15H2,1H3,(H,26,28)(H,27,29);1H. The Morgan fingerprint density at radius 2 is 1.70 bits per heavy atom. The number of halogens is 2. The molecule has 2 amide bonds. The number of carbonyl (C=O) groups excluding carboxylic acids is 2. The van der Waals surface area contributed by atoms with Crippen molar-refractivity contribution in [3.05, 3.63) is 65.5 Å². The number of anilines is 1. The molecular weight excluding hydrogens is 405 g/mol. The van der Waals surface area contributed by atoms with Gasteiger partial charge in [0.1, 0.15) is 5.82 Å². The van der Waals surface area contributed by atoms with Crippen molar-refractivity contribution >= 4 is 29.9 Å². The number of hydrogen-bond donors (Lipinski definition) is 3. The Morgan fingerprint density at radius 3 is 2.33 bits per heavy atom. The van der Waals surface area contributed by atoms with Gasteiger partial charge < -0.3 is 16.0 Å². The Hall–Kier alpha value is -2.44. The molecule has 3 rings (SSSR count). The normalized spacial score (nSPS) is 15.0. The second-order valence-electron chi connectivity index (χ2n) is 7.60. The monoisotopic (exact) mass is 433 g/mol. The fourth-order valence-corrected chi connectivity index (χ4v) is 3.56. The highest BCUT2D eigenvalue weighted by atomic mass is 35.5.